The van der Waals surface area contributed by atoms with E-state index >= 15 is 0 Å². The molecule has 0 fully saturated rings. The number of aryl methyl sites for hydroxylation is 1. The summed E-state index contributed by atoms with van der Waals surface area (Å²) >= 11 is 1.74. The van der Waals surface area contributed by atoms with Gasteiger partial charge < -0.3 is 9.88 Å². The molecule has 0 bridgehead atoms. The van der Waals surface area contributed by atoms with Crippen molar-refractivity contribution in [3.8, 4) is 0 Å². The number of hydrogen-bond acceptors (Lipinski definition) is 3. The smallest absolute Gasteiger partial charge is 0.172 e. The molecule has 0 aliphatic heterocycles. The lowest BCUT2D eigenvalue weighted by atomic mass is 10.0. The molecule has 1 unspecified atom stereocenters. The number of nitrogens with one attached hydrogen (secondary N) is 1. The summed E-state index contributed by atoms with van der Waals surface area (Å²) in [5.41, 5.74) is 1.37. The Bertz CT molecular complexity index is 536. The zero-order chi connectivity index (χ0) is 14.4. The first-order chi connectivity index (χ1) is 9.76. The number of aromatic nitrogens is 2. The Morgan fingerprint density at radius 1 is 1.30 bits per heavy atom. The lowest BCUT2D eigenvalue weighted by Gasteiger charge is -2.20. The molecule has 0 spiro atoms. The van der Waals surface area contributed by atoms with Crippen molar-refractivity contribution in [3.05, 3.63) is 42.2 Å². The van der Waals surface area contributed by atoms with Gasteiger partial charge in [-0.05, 0) is 31.0 Å². The number of hydrogen-bond donors (Lipinski definition) is 1. The highest BCUT2D eigenvalue weighted by Crippen LogP contribution is 2.33. The van der Waals surface area contributed by atoms with Gasteiger partial charge in [0.1, 0.15) is 0 Å². The third-order valence-corrected chi connectivity index (χ3v) is 4.49. The Labute approximate surface area is 125 Å². The van der Waals surface area contributed by atoms with Crippen molar-refractivity contribution in [3.63, 3.8) is 0 Å². The summed E-state index contributed by atoms with van der Waals surface area (Å²) in [6.45, 7) is 5.49. The van der Waals surface area contributed by atoms with Crippen molar-refractivity contribution in [1.82, 2.24) is 14.9 Å². The molecule has 3 nitrogen and oxygen atoms in total. The zero-order valence-corrected chi connectivity index (χ0v) is 13.3. The fraction of sp³-hybridized carbons (Fsp3) is 0.438. The van der Waals surface area contributed by atoms with Gasteiger partial charge in [-0.2, -0.15) is 0 Å². The molecule has 108 valence electrons. The fourth-order valence-electron chi connectivity index (χ4n) is 2.20. The first kappa shape index (κ1) is 15.1. The average molecular weight is 289 g/mol. The van der Waals surface area contributed by atoms with Gasteiger partial charge in [-0.25, -0.2) is 4.98 Å². The summed E-state index contributed by atoms with van der Waals surface area (Å²) in [4.78, 5) is 5.69. The third kappa shape index (κ3) is 3.64. The summed E-state index contributed by atoms with van der Waals surface area (Å²) in [6, 6.07) is 9.04. The summed E-state index contributed by atoms with van der Waals surface area (Å²) in [7, 11) is 2.03. The van der Waals surface area contributed by atoms with Crippen LogP contribution in [-0.2, 0) is 7.05 Å². The lowest BCUT2D eigenvalue weighted by molar-refractivity contribution is 0.512. The zero-order valence-electron chi connectivity index (χ0n) is 12.5. The second-order valence-electron chi connectivity index (χ2n) is 4.88. The van der Waals surface area contributed by atoms with Crippen LogP contribution >= 0.6 is 11.8 Å². The lowest BCUT2D eigenvalue weighted by Crippen LogP contribution is -2.22. The molecule has 20 heavy (non-hydrogen) atoms. The quantitative estimate of drug-likeness (QED) is 0.835. The molecule has 0 radical (unpaired) electrons. The van der Waals surface area contributed by atoms with E-state index in [1.807, 2.05) is 19.4 Å². The molecular formula is C16H23N3S. The Balaban J connectivity index is 2.23. The minimum Gasteiger partial charge on any atom is -0.329 e. The molecule has 2 rings (SSSR count). The van der Waals surface area contributed by atoms with E-state index in [9.17, 15) is 0 Å². The van der Waals surface area contributed by atoms with Gasteiger partial charge in [-0.15, -0.1) is 0 Å². The Kier molecular flexibility index (Phi) is 5.68. The largest absolute Gasteiger partial charge is 0.329 e. The second kappa shape index (κ2) is 7.50. The first-order valence-corrected chi connectivity index (χ1v) is 8.05. The number of nitrogens with zero attached hydrogens (tertiary/aromatic N) is 2. The molecule has 1 N–H and O–H groups in total. The second-order valence-corrected chi connectivity index (χ2v) is 5.88. The predicted octanol–water partition coefficient (Wildman–Crippen LogP) is 4.02. The summed E-state index contributed by atoms with van der Waals surface area (Å²) in [5, 5.41) is 4.66. The van der Waals surface area contributed by atoms with Crippen LogP contribution in [0.15, 0.2) is 46.7 Å². The SMILES string of the molecule is CCCNC(CC)c1ccccc1Sc1nccn1C. The monoisotopic (exact) mass is 289 g/mol. The molecule has 1 aromatic carbocycles. The molecule has 0 saturated carbocycles. The minimum atomic E-state index is 0.416. The van der Waals surface area contributed by atoms with Crippen molar-refractivity contribution in [2.24, 2.45) is 7.05 Å². The van der Waals surface area contributed by atoms with Crippen molar-refractivity contribution in [2.45, 2.75) is 42.8 Å². The number of benzene rings is 1. The normalized spacial score (nSPS) is 12.6. The van der Waals surface area contributed by atoms with E-state index in [4.69, 9.17) is 0 Å². The molecular weight excluding hydrogens is 266 g/mol. The molecule has 0 aliphatic rings. The van der Waals surface area contributed by atoms with Gasteiger partial charge in [0.15, 0.2) is 5.16 Å². The number of imidazole rings is 1. The molecule has 4 heteroatoms. The van der Waals surface area contributed by atoms with Gasteiger partial charge in [0, 0.05) is 30.4 Å². The average Bonchev–Trinajstić information content (AvgIpc) is 2.87. The van der Waals surface area contributed by atoms with E-state index in [0.29, 0.717) is 6.04 Å². The Morgan fingerprint density at radius 2 is 2.10 bits per heavy atom. The molecule has 1 heterocycles. The van der Waals surface area contributed by atoms with Gasteiger partial charge in [-0.3, -0.25) is 0 Å². The molecule has 1 atom stereocenters. The van der Waals surface area contributed by atoms with E-state index in [-0.39, 0.29) is 0 Å². The molecule has 0 amide bonds. The Morgan fingerprint density at radius 3 is 2.75 bits per heavy atom. The van der Waals surface area contributed by atoms with Crippen LogP contribution in [-0.4, -0.2) is 16.1 Å². The summed E-state index contributed by atoms with van der Waals surface area (Å²) < 4.78 is 2.06. The summed E-state index contributed by atoms with van der Waals surface area (Å²) in [5.74, 6) is 0. The topological polar surface area (TPSA) is 29.9 Å². The van der Waals surface area contributed by atoms with Crippen molar-refractivity contribution in [1.29, 1.82) is 0 Å². The highest BCUT2D eigenvalue weighted by Gasteiger charge is 2.14. The van der Waals surface area contributed by atoms with Crippen LogP contribution in [0, 0.1) is 0 Å². The van der Waals surface area contributed by atoms with Crippen molar-refractivity contribution in [2.75, 3.05) is 6.54 Å². The minimum absolute atomic E-state index is 0.416. The van der Waals surface area contributed by atoms with E-state index in [0.717, 1.165) is 24.5 Å². The van der Waals surface area contributed by atoms with Crippen molar-refractivity contribution >= 4 is 11.8 Å². The van der Waals surface area contributed by atoms with Crippen LogP contribution < -0.4 is 5.32 Å². The van der Waals surface area contributed by atoms with Gasteiger partial charge >= 0.3 is 0 Å². The maximum absolute atomic E-state index is 4.41. The van der Waals surface area contributed by atoms with E-state index < -0.39 is 0 Å². The van der Waals surface area contributed by atoms with Crippen LogP contribution in [0.25, 0.3) is 0 Å². The van der Waals surface area contributed by atoms with Crippen LogP contribution in [0.5, 0.6) is 0 Å². The Hall–Kier alpha value is -1.26. The molecule has 1 aromatic heterocycles. The maximum atomic E-state index is 4.41. The van der Waals surface area contributed by atoms with Crippen LogP contribution in [0.1, 0.15) is 38.3 Å². The van der Waals surface area contributed by atoms with Crippen LogP contribution in [0.3, 0.4) is 0 Å². The van der Waals surface area contributed by atoms with Gasteiger partial charge in [0.05, 0.1) is 0 Å². The highest BCUT2D eigenvalue weighted by molar-refractivity contribution is 7.99. The van der Waals surface area contributed by atoms with Gasteiger partial charge in [0.25, 0.3) is 0 Å². The van der Waals surface area contributed by atoms with Gasteiger partial charge in [-0.1, -0.05) is 43.8 Å². The molecule has 0 aliphatic carbocycles. The fourth-order valence-corrected chi connectivity index (χ4v) is 3.19. The molecule has 0 saturated heterocycles. The first-order valence-electron chi connectivity index (χ1n) is 7.23. The van der Waals surface area contributed by atoms with E-state index in [1.54, 1.807) is 11.8 Å². The van der Waals surface area contributed by atoms with Crippen LogP contribution in [0.4, 0.5) is 0 Å². The van der Waals surface area contributed by atoms with Crippen molar-refractivity contribution < 1.29 is 0 Å². The number of rotatable bonds is 7. The third-order valence-electron chi connectivity index (χ3n) is 3.32. The summed E-state index contributed by atoms with van der Waals surface area (Å²) in [6.07, 6.45) is 6.08. The maximum Gasteiger partial charge on any atom is 0.172 e. The van der Waals surface area contributed by atoms with Crippen LogP contribution in [0.2, 0.25) is 0 Å². The van der Waals surface area contributed by atoms with Gasteiger partial charge in [0.2, 0.25) is 0 Å². The molecule has 2 aromatic rings. The van der Waals surface area contributed by atoms with E-state index in [2.05, 4.69) is 53.0 Å². The van der Waals surface area contributed by atoms with E-state index in [1.165, 1.54) is 10.5 Å². The predicted molar refractivity (Wildman–Crippen MR) is 85.1 cm³/mol. The highest BCUT2D eigenvalue weighted by atomic mass is 32.2. The standard InChI is InChI=1S/C16H23N3S/c1-4-10-17-14(5-2)13-8-6-7-9-15(13)20-16-18-11-12-19(16)3/h6-9,11-12,14,17H,4-5,10H2,1-3H3.